The Morgan fingerprint density at radius 3 is 2.87 bits per heavy atom. The van der Waals surface area contributed by atoms with E-state index in [1.165, 1.54) is 17.4 Å². The van der Waals surface area contributed by atoms with Gasteiger partial charge in [0.15, 0.2) is 5.82 Å². The maximum absolute atomic E-state index is 13.0. The largest absolute Gasteiger partial charge is 0.308 e. The molecule has 0 radical (unpaired) electrons. The molecule has 0 saturated carbocycles. The molecule has 0 fully saturated rings. The molecule has 1 aromatic heterocycles. The van der Waals surface area contributed by atoms with Crippen molar-refractivity contribution in [2.24, 2.45) is 5.84 Å². The van der Waals surface area contributed by atoms with E-state index < -0.39 is 0 Å². The van der Waals surface area contributed by atoms with Gasteiger partial charge in [0.2, 0.25) is 0 Å². The minimum absolute atomic E-state index is 0.201. The molecular weight excluding hydrogens is 213 g/mol. The van der Waals surface area contributed by atoms with Crippen molar-refractivity contribution in [1.82, 2.24) is 4.98 Å². The lowest BCUT2D eigenvalue weighted by atomic mass is 10.1. The van der Waals surface area contributed by atoms with Crippen LogP contribution in [0.2, 0.25) is 0 Å². The van der Waals surface area contributed by atoms with E-state index in [2.05, 4.69) is 10.4 Å². The van der Waals surface area contributed by atoms with E-state index in [0.717, 1.165) is 10.6 Å². The fourth-order valence-electron chi connectivity index (χ4n) is 1.25. The molecule has 0 atom stereocenters. The fourth-order valence-corrected chi connectivity index (χ4v) is 2.01. The lowest BCUT2D eigenvalue weighted by molar-refractivity contribution is 0.619. The Balaban J connectivity index is 2.40. The molecule has 1 heterocycles. The van der Waals surface area contributed by atoms with Crippen LogP contribution < -0.4 is 11.3 Å². The number of anilines is 1. The van der Waals surface area contributed by atoms with E-state index in [4.69, 9.17) is 5.84 Å². The lowest BCUT2D eigenvalue weighted by Gasteiger charge is -1.99. The third kappa shape index (κ3) is 1.98. The van der Waals surface area contributed by atoms with Crippen LogP contribution in [0, 0.1) is 12.7 Å². The van der Waals surface area contributed by atoms with Gasteiger partial charge in [-0.25, -0.2) is 15.2 Å². The molecule has 2 aromatic rings. The van der Waals surface area contributed by atoms with Crippen LogP contribution in [0.4, 0.5) is 10.2 Å². The Labute approximate surface area is 90.7 Å². The van der Waals surface area contributed by atoms with E-state index in [1.807, 2.05) is 5.38 Å². The number of hydrogen-bond donors (Lipinski definition) is 2. The van der Waals surface area contributed by atoms with Gasteiger partial charge in [0.1, 0.15) is 10.8 Å². The molecule has 1 aromatic carbocycles. The fraction of sp³-hybridized carbons (Fsp3) is 0.100. The second-order valence-electron chi connectivity index (χ2n) is 3.15. The van der Waals surface area contributed by atoms with Gasteiger partial charge in [0, 0.05) is 10.9 Å². The number of nitrogens with zero attached hydrogens (tertiary/aromatic N) is 1. The third-order valence-corrected chi connectivity index (χ3v) is 2.95. The van der Waals surface area contributed by atoms with E-state index >= 15 is 0 Å². The Hall–Kier alpha value is -1.46. The van der Waals surface area contributed by atoms with Crippen molar-refractivity contribution in [3.8, 4) is 10.6 Å². The summed E-state index contributed by atoms with van der Waals surface area (Å²) in [5.41, 5.74) is 3.99. The van der Waals surface area contributed by atoms with Crippen molar-refractivity contribution >= 4 is 17.2 Å². The molecule has 0 aliphatic carbocycles. The van der Waals surface area contributed by atoms with Gasteiger partial charge in [-0.15, -0.1) is 11.3 Å². The average Bonchev–Trinajstić information content (AvgIpc) is 2.70. The molecule has 3 nitrogen and oxygen atoms in total. The normalized spacial score (nSPS) is 10.3. The van der Waals surface area contributed by atoms with Crippen LogP contribution in [0.5, 0.6) is 0 Å². The van der Waals surface area contributed by atoms with Gasteiger partial charge in [0.25, 0.3) is 0 Å². The molecule has 0 saturated heterocycles. The molecule has 15 heavy (non-hydrogen) atoms. The zero-order chi connectivity index (χ0) is 10.8. The van der Waals surface area contributed by atoms with Gasteiger partial charge in [-0.05, 0) is 30.7 Å². The predicted molar refractivity (Wildman–Crippen MR) is 60.1 cm³/mol. The smallest absolute Gasteiger partial charge is 0.151 e. The van der Waals surface area contributed by atoms with Gasteiger partial charge in [-0.3, -0.25) is 0 Å². The maximum atomic E-state index is 13.0. The Bertz CT molecular complexity index is 481. The van der Waals surface area contributed by atoms with Crippen molar-refractivity contribution in [3.63, 3.8) is 0 Å². The van der Waals surface area contributed by atoms with Crippen LogP contribution in [0.1, 0.15) is 5.56 Å². The Kier molecular flexibility index (Phi) is 2.66. The number of thiazole rings is 1. The van der Waals surface area contributed by atoms with Crippen LogP contribution in [-0.2, 0) is 0 Å². The number of nitrogens with two attached hydrogens (primary N) is 1. The standard InChI is InChI=1S/C10H10FN3S/c1-6-4-7(2-3-8(6)11)10-13-9(14-12)5-15-10/h2-5,14H,12H2,1H3. The van der Waals surface area contributed by atoms with Gasteiger partial charge < -0.3 is 5.43 Å². The first-order valence-electron chi connectivity index (χ1n) is 4.39. The zero-order valence-electron chi connectivity index (χ0n) is 8.12. The molecule has 0 bridgehead atoms. The van der Waals surface area contributed by atoms with Crippen LogP contribution in [0.25, 0.3) is 10.6 Å². The molecular formula is C10H10FN3S. The molecule has 0 aliphatic heterocycles. The molecule has 0 amide bonds. The number of aryl methyl sites for hydroxylation is 1. The molecule has 3 N–H and O–H groups in total. The minimum Gasteiger partial charge on any atom is -0.308 e. The van der Waals surface area contributed by atoms with E-state index in [1.54, 1.807) is 19.1 Å². The Morgan fingerprint density at radius 2 is 2.27 bits per heavy atom. The summed E-state index contributed by atoms with van der Waals surface area (Å²) in [7, 11) is 0. The average molecular weight is 223 g/mol. The number of hydrazine groups is 1. The SMILES string of the molecule is Cc1cc(-c2nc(NN)cs2)ccc1F. The number of rotatable bonds is 2. The van der Waals surface area contributed by atoms with Crippen molar-refractivity contribution in [2.75, 3.05) is 5.43 Å². The van der Waals surface area contributed by atoms with Crippen molar-refractivity contribution < 1.29 is 4.39 Å². The number of aromatic nitrogens is 1. The van der Waals surface area contributed by atoms with Crippen LogP contribution in [0.3, 0.4) is 0 Å². The van der Waals surface area contributed by atoms with Gasteiger partial charge in [-0.2, -0.15) is 0 Å². The van der Waals surface area contributed by atoms with E-state index in [9.17, 15) is 4.39 Å². The summed E-state index contributed by atoms with van der Waals surface area (Å²) in [4.78, 5) is 4.23. The van der Waals surface area contributed by atoms with Crippen molar-refractivity contribution in [2.45, 2.75) is 6.92 Å². The molecule has 2 rings (SSSR count). The van der Waals surface area contributed by atoms with Crippen LogP contribution >= 0.6 is 11.3 Å². The second-order valence-corrected chi connectivity index (χ2v) is 4.00. The summed E-state index contributed by atoms with van der Waals surface area (Å²) in [6.07, 6.45) is 0. The van der Waals surface area contributed by atoms with Gasteiger partial charge >= 0.3 is 0 Å². The molecule has 5 heteroatoms. The summed E-state index contributed by atoms with van der Waals surface area (Å²) >= 11 is 1.47. The van der Waals surface area contributed by atoms with Gasteiger partial charge in [0.05, 0.1) is 0 Å². The first-order valence-corrected chi connectivity index (χ1v) is 5.27. The highest BCUT2D eigenvalue weighted by Crippen LogP contribution is 2.26. The van der Waals surface area contributed by atoms with Gasteiger partial charge in [-0.1, -0.05) is 0 Å². The zero-order valence-corrected chi connectivity index (χ0v) is 8.94. The van der Waals surface area contributed by atoms with Crippen molar-refractivity contribution in [1.29, 1.82) is 0 Å². The monoisotopic (exact) mass is 223 g/mol. The van der Waals surface area contributed by atoms with E-state index in [-0.39, 0.29) is 5.82 Å². The molecule has 0 spiro atoms. The Morgan fingerprint density at radius 1 is 1.47 bits per heavy atom. The van der Waals surface area contributed by atoms with Crippen LogP contribution in [-0.4, -0.2) is 4.98 Å². The lowest BCUT2D eigenvalue weighted by Crippen LogP contribution is -2.06. The van der Waals surface area contributed by atoms with Crippen LogP contribution in [0.15, 0.2) is 23.6 Å². The topological polar surface area (TPSA) is 50.9 Å². The van der Waals surface area contributed by atoms with E-state index in [0.29, 0.717) is 11.4 Å². The summed E-state index contributed by atoms with van der Waals surface area (Å²) < 4.78 is 13.0. The third-order valence-electron chi connectivity index (χ3n) is 2.06. The summed E-state index contributed by atoms with van der Waals surface area (Å²) in [6, 6.07) is 4.93. The first-order chi connectivity index (χ1) is 7.20. The first kappa shape index (κ1) is 10.1. The highest BCUT2D eigenvalue weighted by atomic mass is 32.1. The quantitative estimate of drug-likeness (QED) is 0.607. The number of nitrogen functional groups attached to an aromatic ring is 1. The highest BCUT2D eigenvalue weighted by Gasteiger charge is 2.05. The number of nitrogens with one attached hydrogen (secondary N) is 1. The predicted octanol–water partition coefficient (Wildman–Crippen LogP) is 2.54. The number of hydrogen-bond acceptors (Lipinski definition) is 4. The minimum atomic E-state index is -0.201. The number of halogens is 1. The summed E-state index contributed by atoms with van der Waals surface area (Å²) in [5.74, 6) is 5.65. The number of benzene rings is 1. The maximum Gasteiger partial charge on any atom is 0.151 e. The van der Waals surface area contributed by atoms with Crippen molar-refractivity contribution in [3.05, 3.63) is 35.0 Å². The molecule has 0 aliphatic rings. The summed E-state index contributed by atoms with van der Waals surface area (Å²) in [5, 5.41) is 2.64. The second kappa shape index (κ2) is 3.96. The molecule has 78 valence electrons. The molecule has 0 unspecified atom stereocenters. The summed E-state index contributed by atoms with van der Waals surface area (Å²) in [6.45, 7) is 1.73. The highest BCUT2D eigenvalue weighted by molar-refractivity contribution is 7.13.